The maximum absolute atomic E-state index is 13.0. The molecular formula is C22H16ClN3O3. The monoisotopic (exact) mass is 405 g/mol. The molecule has 0 radical (unpaired) electrons. The Labute approximate surface area is 170 Å². The number of carbonyl (C=O) groups is 1. The number of halogens is 1. The number of carbonyl (C=O) groups excluding carboxylic acids is 1. The molecule has 1 aliphatic carbocycles. The van der Waals surface area contributed by atoms with E-state index in [0.29, 0.717) is 21.5 Å². The first-order valence-electron chi connectivity index (χ1n) is 9.36. The number of aromatic nitrogens is 3. The molecule has 29 heavy (non-hydrogen) atoms. The molecule has 1 aliphatic rings. The molecule has 0 saturated heterocycles. The zero-order valence-corrected chi connectivity index (χ0v) is 16.1. The Kier molecular flexibility index (Phi) is 4.28. The number of rotatable bonds is 3. The van der Waals surface area contributed by atoms with Gasteiger partial charge in [0.05, 0.1) is 22.0 Å². The second kappa shape index (κ2) is 6.97. The van der Waals surface area contributed by atoms with Crippen molar-refractivity contribution >= 4 is 39.4 Å². The molecule has 7 heteroatoms. The lowest BCUT2D eigenvalue weighted by molar-refractivity contribution is 0.0463. The molecule has 0 spiro atoms. The largest absolute Gasteiger partial charge is 0.454 e. The Hall–Kier alpha value is -3.25. The number of hydrogen-bond donors (Lipinski definition) is 1. The minimum absolute atomic E-state index is 0.137. The van der Waals surface area contributed by atoms with Gasteiger partial charge in [0.25, 0.3) is 5.56 Å². The molecule has 144 valence electrons. The zero-order chi connectivity index (χ0) is 20.0. The highest BCUT2D eigenvalue weighted by atomic mass is 35.5. The van der Waals surface area contributed by atoms with Crippen LogP contribution in [0.2, 0.25) is 5.02 Å². The molecule has 0 saturated carbocycles. The lowest BCUT2D eigenvalue weighted by Gasteiger charge is -2.12. The predicted molar refractivity (Wildman–Crippen MR) is 110 cm³/mol. The standard InChI is InChI=1S/C22H16ClN3O3/c23-12-8-9-15-18(10-12)25-19(26-21(15)27)11-29-22(28)20-13-4-1-2-6-16(13)24-17-7-3-5-14(17)20/h1-2,4,6,8-10H,3,5,7,11H2,(H,25,26,27). The Morgan fingerprint density at radius 2 is 1.93 bits per heavy atom. The number of para-hydroxylation sites is 1. The van der Waals surface area contributed by atoms with Crippen molar-refractivity contribution in [3.05, 3.63) is 80.5 Å². The third-order valence-electron chi connectivity index (χ3n) is 5.18. The summed E-state index contributed by atoms with van der Waals surface area (Å²) in [5.41, 5.74) is 3.43. The number of benzene rings is 2. The van der Waals surface area contributed by atoms with Gasteiger partial charge in [0.15, 0.2) is 0 Å². The summed E-state index contributed by atoms with van der Waals surface area (Å²) in [6.45, 7) is -0.137. The number of pyridine rings is 1. The van der Waals surface area contributed by atoms with Crippen LogP contribution in [0.15, 0.2) is 47.3 Å². The van der Waals surface area contributed by atoms with Gasteiger partial charge in [-0.05, 0) is 49.1 Å². The van der Waals surface area contributed by atoms with Crippen molar-refractivity contribution in [2.45, 2.75) is 25.9 Å². The minimum Gasteiger partial charge on any atom is -0.454 e. The Bertz CT molecular complexity index is 1350. The van der Waals surface area contributed by atoms with Crippen LogP contribution in [0, 0.1) is 0 Å². The fourth-order valence-electron chi connectivity index (χ4n) is 3.88. The molecule has 5 rings (SSSR count). The summed E-state index contributed by atoms with van der Waals surface area (Å²) in [6, 6.07) is 12.4. The summed E-state index contributed by atoms with van der Waals surface area (Å²) in [4.78, 5) is 37.0. The van der Waals surface area contributed by atoms with Crippen LogP contribution >= 0.6 is 11.6 Å². The summed E-state index contributed by atoms with van der Waals surface area (Å²) in [7, 11) is 0. The summed E-state index contributed by atoms with van der Waals surface area (Å²) >= 11 is 6.00. The fourth-order valence-corrected chi connectivity index (χ4v) is 4.05. The van der Waals surface area contributed by atoms with Gasteiger partial charge >= 0.3 is 5.97 Å². The van der Waals surface area contributed by atoms with Gasteiger partial charge in [-0.2, -0.15) is 0 Å². The van der Waals surface area contributed by atoms with Crippen molar-refractivity contribution < 1.29 is 9.53 Å². The van der Waals surface area contributed by atoms with Crippen LogP contribution in [0.5, 0.6) is 0 Å². The molecule has 0 fully saturated rings. The normalized spacial score (nSPS) is 13.0. The van der Waals surface area contributed by atoms with Gasteiger partial charge < -0.3 is 9.72 Å². The second-order valence-electron chi connectivity index (χ2n) is 7.03. The second-order valence-corrected chi connectivity index (χ2v) is 7.47. The molecular weight excluding hydrogens is 390 g/mol. The van der Waals surface area contributed by atoms with E-state index in [9.17, 15) is 9.59 Å². The van der Waals surface area contributed by atoms with Crippen molar-refractivity contribution in [1.29, 1.82) is 0 Å². The van der Waals surface area contributed by atoms with Gasteiger partial charge in [-0.15, -0.1) is 0 Å². The number of ether oxygens (including phenoxy) is 1. The van der Waals surface area contributed by atoms with E-state index in [1.165, 1.54) is 0 Å². The van der Waals surface area contributed by atoms with Crippen LogP contribution in [-0.4, -0.2) is 20.9 Å². The lowest BCUT2D eigenvalue weighted by atomic mass is 10.0. The predicted octanol–water partition coefficient (Wildman–Crippen LogP) is 3.97. The molecule has 1 N–H and O–H groups in total. The summed E-state index contributed by atoms with van der Waals surface area (Å²) in [6.07, 6.45) is 2.64. The topological polar surface area (TPSA) is 84.9 Å². The Morgan fingerprint density at radius 1 is 1.07 bits per heavy atom. The first kappa shape index (κ1) is 17.8. The van der Waals surface area contributed by atoms with Crippen molar-refractivity contribution in [3.8, 4) is 0 Å². The molecule has 0 bridgehead atoms. The number of esters is 1. The van der Waals surface area contributed by atoms with Gasteiger partial charge in [0.2, 0.25) is 0 Å². The Balaban J connectivity index is 1.49. The number of fused-ring (bicyclic) bond motifs is 3. The lowest BCUT2D eigenvalue weighted by Crippen LogP contribution is -2.15. The average molecular weight is 406 g/mol. The first-order valence-corrected chi connectivity index (χ1v) is 9.74. The molecule has 0 amide bonds. The highest BCUT2D eigenvalue weighted by molar-refractivity contribution is 6.31. The van der Waals surface area contributed by atoms with Gasteiger partial charge in [0.1, 0.15) is 12.4 Å². The quantitative estimate of drug-likeness (QED) is 0.521. The zero-order valence-electron chi connectivity index (χ0n) is 15.4. The van der Waals surface area contributed by atoms with Gasteiger partial charge in [-0.25, -0.2) is 9.78 Å². The van der Waals surface area contributed by atoms with E-state index in [1.54, 1.807) is 18.2 Å². The van der Waals surface area contributed by atoms with Crippen LogP contribution < -0.4 is 5.56 Å². The Morgan fingerprint density at radius 3 is 2.83 bits per heavy atom. The van der Waals surface area contributed by atoms with Crippen molar-refractivity contribution in [2.75, 3.05) is 0 Å². The third kappa shape index (κ3) is 3.15. The molecule has 2 heterocycles. The number of aryl methyl sites for hydroxylation is 1. The number of aromatic amines is 1. The maximum atomic E-state index is 13.0. The first-order chi connectivity index (χ1) is 14.1. The van der Waals surface area contributed by atoms with Crippen molar-refractivity contribution in [1.82, 2.24) is 15.0 Å². The number of nitrogens with zero attached hydrogens (tertiary/aromatic N) is 2. The van der Waals surface area contributed by atoms with Crippen LogP contribution in [0.25, 0.3) is 21.8 Å². The number of nitrogens with one attached hydrogen (secondary N) is 1. The third-order valence-corrected chi connectivity index (χ3v) is 5.42. The number of H-pyrrole nitrogens is 1. The summed E-state index contributed by atoms with van der Waals surface area (Å²) < 4.78 is 5.55. The molecule has 0 atom stereocenters. The summed E-state index contributed by atoms with van der Waals surface area (Å²) in [5, 5.41) is 1.70. The van der Waals surface area contributed by atoms with Crippen molar-refractivity contribution in [2.24, 2.45) is 0 Å². The molecule has 4 aromatic rings. The van der Waals surface area contributed by atoms with Crippen LogP contribution in [0.1, 0.15) is 33.9 Å². The molecule has 6 nitrogen and oxygen atoms in total. The fraction of sp³-hybridized carbons (Fsp3) is 0.182. The average Bonchev–Trinajstić information content (AvgIpc) is 3.17. The van der Waals surface area contributed by atoms with Gasteiger partial charge in [-0.1, -0.05) is 29.8 Å². The van der Waals surface area contributed by atoms with Crippen LogP contribution in [0.4, 0.5) is 0 Å². The van der Waals surface area contributed by atoms with E-state index >= 15 is 0 Å². The summed E-state index contributed by atoms with van der Waals surface area (Å²) in [5.74, 6) is -0.163. The molecule has 0 unspecified atom stereocenters. The van der Waals surface area contributed by atoms with Crippen LogP contribution in [-0.2, 0) is 24.2 Å². The maximum Gasteiger partial charge on any atom is 0.339 e. The van der Waals surface area contributed by atoms with E-state index in [0.717, 1.165) is 41.4 Å². The molecule has 2 aromatic carbocycles. The van der Waals surface area contributed by atoms with Crippen LogP contribution in [0.3, 0.4) is 0 Å². The number of hydrogen-bond acceptors (Lipinski definition) is 5. The minimum atomic E-state index is -0.435. The van der Waals surface area contributed by atoms with E-state index < -0.39 is 5.97 Å². The van der Waals surface area contributed by atoms with Crippen molar-refractivity contribution in [3.63, 3.8) is 0 Å². The highest BCUT2D eigenvalue weighted by Crippen LogP contribution is 2.30. The SMILES string of the molecule is O=C(OCc1nc2cc(Cl)ccc2c(=O)[nH]1)c1c2c(nc3ccccc13)CCC2. The van der Waals surface area contributed by atoms with E-state index in [2.05, 4.69) is 9.97 Å². The molecule has 2 aromatic heterocycles. The van der Waals surface area contributed by atoms with Gasteiger partial charge in [0, 0.05) is 16.1 Å². The van der Waals surface area contributed by atoms with Gasteiger partial charge in [-0.3, -0.25) is 9.78 Å². The smallest absolute Gasteiger partial charge is 0.339 e. The van der Waals surface area contributed by atoms with E-state index in [4.69, 9.17) is 21.3 Å². The molecule has 0 aliphatic heterocycles. The van der Waals surface area contributed by atoms with E-state index in [1.807, 2.05) is 24.3 Å². The highest BCUT2D eigenvalue weighted by Gasteiger charge is 2.24. The van der Waals surface area contributed by atoms with E-state index in [-0.39, 0.29) is 18.0 Å².